The van der Waals surface area contributed by atoms with Gasteiger partial charge in [-0.15, -0.1) is 16.9 Å². The van der Waals surface area contributed by atoms with E-state index in [0.717, 1.165) is 27.5 Å². The minimum atomic E-state index is -3.91. The Morgan fingerprint density at radius 1 is 0.792 bits per heavy atom. The molecular weight excluding hydrogens is 637 g/mol. The van der Waals surface area contributed by atoms with Crippen LogP contribution in [0.4, 0.5) is 0 Å². The smallest absolute Gasteiger partial charge is 0.243 e. The molecule has 9 heteroatoms. The number of hydrogen-bond donors (Lipinski definition) is 0. The van der Waals surface area contributed by atoms with E-state index in [-0.39, 0.29) is 22.5 Å². The second kappa shape index (κ2) is 13.1. The van der Waals surface area contributed by atoms with Crippen LogP contribution in [-0.2, 0) is 21.3 Å². The van der Waals surface area contributed by atoms with Gasteiger partial charge in [-0.25, -0.2) is 13.1 Å². The lowest BCUT2D eigenvalue weighted by Crippen LogP contribution is -2.38. The summed E-state index contributed by atoms with van der Waals surface area (Å²) in [6, 6.07) is 44.1. The van der Waals surface area contributed by atoms with E-state index < -0.39 is 20.8 Å². The van der Waals surface area contributed by atoms with Crippen LogP contribution >= 0.6 is 11.8 Å². The van der Waals surface area contributed by atoms with Crippen molar-refractivity contribution < 1.29 is 13.2 Å². The maximum Gasteiger partial charge on any atom is 0.243 e. The maximum absolute atomic E-state index is 14.6. The number of sulfonamides is 1. The molecule has 1 aliphatic heterocycles. The highest BCUT2D eigenvalue weighted by Gasteiger charge is 2.46. The Hall–Kier alpha value is -4.57. The number of hydrogen-bond acceptors (Lipinski definition) is 6. The summed E-state index contributed by atoms with van der Waals surface area (Å²) in [5.74, 6) is -0.169. The van der Waals surface area contributed by atoms with Crippen LogP contribution in [0.2, 0.25) is 0 Å². The summed E-state index contributed by atoms with van der Waals surface area (Å²) in [5.41, 5.74) is 4.31. The number of carbonyl (C=O) groups is 1. The monoisotopic (exact) mass is 672 g/mol. The van der Waals surface area contributed by atoms with Crippen LogP contribution in [0.1, 0.15) is 46.2 Å². The predicted molar refractivity (Wildman–Crippen MR) is 192 cm³/mol. The summed E-state index contributed by atoms with van der Waals surface area (Å²) in [5, 5.41) is 10.2. The molecule has 0 saturated carbocycles. The molecule has 2 heterocycles. The zero-order valence-corrected chi connectivity index (χ0v) is 28.4. The summed E-state index contributed by atoms with van der Waals surface area (Å²) in [7, 11) is -3.91. The van der Waals surface area contributed by atoms with Gasteiger partial charge in [0.25, 0.3) is 0 Å². The molecule has 6 aromatic rings. The summed E-state index contributed by atoms with van der Waals surface area (Å²) in [4.78, 5) is 12.5. The van der Waals surface area contributed by atoms with Crippen molar-refractivity contribution in [1.29, 1.82) is 0 Å². The second-order valence-electron chi connectivity index (χ2n) is 12.3. The van der Waals surface area contributed by atoms with Crippen molar-refractivity contribution in [2.75, 3.05) is 6.54 Å². The Morgan fingerprint density at radius 3 is 1.88 bits per heavy atom. The molecule has 7 nitrogen and oxygen atoms in total. The largest absolute Gasteiger partial charge is 0.293 e. The Kier molecular flexibility index (Phi) is 8.76. The number of rotatable bonds is 10. The van der Waals surface area contributed by atoms with Gasteiger partial charge in [-0.3, -0.25) is 4.79 Å². The first-order chi connectivity index (χ1) is 23.3. The number of ketones is 1. The van der Waals surface area contributed by atoms with Crippen molar-refractivity contribution in [3.63, 3.8) is 0 Å². The van der Waals surface area contributed by atoms with E-state index in [2.05, 4.69) is 83.1 Å². The van der Waals surface area contributed by atoms with Crippen molar-refractivity contribution in [2.24, 2.45) is 0 Å². The highest BCUT2D eigenvalue weighted by atomic mass is 32.2. The topological polar surface area (TPSA) is 85.2 Å². The van der Waals surface area contributed by atoms with Crippen LogP contribution in [-0.4, -0.2) is 51.3 Å². The number of thioether (sulfide) groups is 1. The van der Waals surface area contributed by atoms with Crippen molar-refractivity contribution in [3.05, 3.63) is 162 Å². The highest BCUT2D eigenvalue weighted by molar-refractivity contribution is 8.01. The fourth-order valence-corrected chi connectivity index (χ4v) is 10.6. The van der Waals surface area contributed by atoms with Crippen LogP contribution in [0.3, 0.4) is 0 Å². The third-order valence-electron chi connectivity index (χ3n) is 9.24. The van der Waals surface area contributed by atoms with Crippen molar-refractivity contribution >= 4 is 38.3 Å². The normalized spacial score (nSPS) is 17.1. The standard InChI is InChI=1S/C39H36N4O3S2/c1-28-38(29(2)44)40-41-42(28)26-35-25-36(27-43(35)48(45,46)37-23-22-30-14-12-13-15-31(30)24-37)47-39(32-16-6-3-7-17-32,33-18-8-4-9-19-33)34-20-10-5-11-21-34/h3-24,35-36H,25-27H2,1-2H3/t35-,36+/m0/s1. The number of nitrogens with zero attached hydrogens (tertiary/aromatic N) is 4. The second-order valence-corrected chi connectivity index (χ2v) is 15.7. The van der Waals surface area contributed by atoms with E-state index in [4.69, 9.17) is 0 Å². The average molecular weight is 673 g/mol. The first-order valence-electron chi connectivity index (χ1n) is 16.0. The highest BCUT2D eigenvalue weighted by Crippen LogP contribution is 2.52. The van der Waals surface area contributed by atoms with Gasteiger partial charge in [-0.2, -0.15) is 4.31 Å². The molecule has 0 radical (unpaired) electrons. The molecule has 242 valence electrons. The van der Waals surface area contributed by atoms with E-state index in [9.17, 15) is 13.2 Å². The van der Waals surface area contributed by atoms with Crippen LogP contribution in [0.15, 0.2) is 138 Å². The average Bonchev–Trinajstić information content (AvgIpc) is 3.71. The number of Topliss-reactive ketones (excluding diaryl/α,β-unsaturated/α-hetero) is 1. The fraction of sp³-hybridized carbons (Fsp3) is 0.205. The summed E-state index contributed by atoms with van der Waals surface area (Å²) in [6.07, 6.45) is 0.584. The van der Waals surface area contributed by atoms with Gasteiger partial charge in [-0.05, 0) is 52.9 Å². The molecular formula is C39H36N4O3S2. The minimum Gasteiger partial charge on any atom is -0.293 e. The van der Waals surface area contributed by atoms with Crippen molar-refractivity contribution in [2.45, 2.75) is 47.7 Å². The van der Waals surface area contributed by atoms with E-state index >= 15 is 0 Å². The molecule has 48 heavy (non-hydrogen) atoms. The van der Waals surface area contributed by atoms with Gasteiger partial charge >= 0.3 is 0 Å². The number of aromatic nitrogens is 3. The molecule has 1 fully saturated rings. The molecule has 1 aliphatic rings. The lowest BCUT2D eigenvalue weighted by atomic mass is 9.84. The predicted octanol–water partition coefficient (Wildman–Crippen LogP) is 7.50. The fourth-order valence-electron chi connectivity index (χ4n) is 6.89. The molecule has 0 bridgehead atoms. The molecule has 2 atom stereocenters. The van der Waals surface area contributed by atoms with E-state index in [0.29, 0.717) is 24.4 Å². The van der Waals surface area contributed by atoms with E-state index in [1.807, 2.05) is 55.5 Å². The zero-order chi connectivity index (χ0) is 33.3. The lowest BCUT2D eigenvalue weighted by Gasteiger charge is -2.37. The Balaban J connectivity index is 1.33. The maximum atomic E-state index is 14.6. The van der Waals surface area contributed by atoms with Crippen molar-refractivity contribution in [1.82, 2.24) is 19.3 Å². The summed E-state index contributed by atoms with van der Waals surface area (Å²) < 4.78 is 32.0. The molecule has 0 N–H and O–H groups in total. The minimum absolute atomic E-state index is 0.0815. The molecule has 0 aliphatic carbocycles. The third kappa shape index (κ3) is 5.87. The lowest BCUT2D eigenvalue weighted by molar-refractivity contribution is 0.101. The molecule has 0 unspecified atom stereocenters. The summed E-state index contributed by atoms with van der Waals surface area (Å²) in [6.45, 7) is 3.87. The zero-order valence-electron chi connectivity index (χ0n) is 26.8. The van der Waals surface area contributed by atoms with Crippen LogP contribution in [0.5, 0.6) is 0 Å². The first-order valence-corrected chi connectivity index (χ1v) is 18.4. The van der Waals surface area contributed by atoms with Gasteiger partial charge in [0.2, 0.25) is 10.0 Å². The van der Waals surface area contributed by atoms with Gasteiger partial charge in [0, 0.05) is 24.8 Å². The van der Waals surface area contributed by atoms with E-state index in [1.54, 1.807) is 32.9 Å². The summed E-state index contributed by atoms with van der Waals surface area (Å²) >= 11 is 1.80. The van der Waals surface area contributed by atoms with Crippen LogP contribution < -0.4 is 0 Å². The first kappa shape index (κ1) is 32.0. The molecule has 5 aromatic carbocycles. The third-order valence-corrected chi connectivity index (χ3v) is 12.9. The molecule has 1 aromatic heterocycles. The Bertz CT molecular complexity index is 2070. The SMILES string of the molecule is CC(=O)c1nnn(C[C@@H]2C[C@@H](SC(c3ccccc3)(c3ccccc3)c3ccccc3)CN2S(=O)(=O)c2ccc3ccccc3c2)c1C. The van der Waals surface area contributed by atoms with Crippen molar-refractivity contribution in [3.8, 4) is 0 Å². The van der Waals surface area contributed by atoms with Crippen LogP contribution in [0.25, 0.3) is 10.8 Å². The van der Waals surface area contributed by atoms with Gasteiger partial charge in [-0.1, -0.05) is 127 Å². The quantitative estimate of drug-likeness (QED) is 0.111. The van der Waals surface area contributed by atoms with Gasteiger partial charge in [0.1, 0.15) is 0 Å². The molecule has 0 amide bonds. The molecule has 0 spiro atoms. The van der Waals surface area contributed by atoms with E-state index in [1.165, 1.54) is 6.92 Å². The molecule has 1 saturated heterocycles. The Labute approximate surface area is 285 Å². The number of benzene rings is 5. The van der Waals surface area contributed by atoms with Gasteiger partial charge in [0.15, 0.2) is 11.5 Å². The Morgan fingerprint density at radius 2 is 1.33 bits per heavy atom. The number of fused-ring (bicyclic) bond motifs is 1. The number of carbonyl (C=O) groups excluding carboxylic acids is 1. The van der Waals surface area contributed by atoms with Crippen LogP contribution in [0, 0.1) is 6.92 Å². The van der Waals surface area contributed by atoms with Gasteiger partial charge in [0.05, 0.1) is 21.9 Å². The van der Waals surface area contributed by atoms with Gasteiger partial charge < -0.3 is 0 Å². The molecule has 7 rings (SSSR count).